The summed E-state index contributed by atoms with van der Waals surface area (Å²) in [5, 5.41) is 31.7. The Morgan fingerprint density at radius 2 is 2.00 bits per heavy atom. The van der Waals surface area contributed by atoms with Crippen LogP contribution in [0, 0.1) is 10.1 Å². The molecule has 28 heavy (non-hydrogen) atoms. The number of hydrogen-bond donors (Lipinski definition) is 1. The highest BCUT2D eigenvalue weighted by Crippen LogP contribution is 2.30. The van der Waals surface area contributed by atoms with Gasteiger partial charge in [-0.25, -0.2) is 4.68 Å². The minimum absolute atomic E-state index is 0.297. The molecular weight excluding hydrogens is 406 g/mol. The average molecular weight is 418 g/mol. The zero-order chi connectivity index (χ0) is 19.5. The van der Waals surface area contributed by atoms with E-state index in [1.54, 1.807) is 4.68 Å². The zero-order valence-corrected chi connectivity index (χ0v) is 15.7. The van der Waals surface area contributed by atoms with Crippen LogP contribution in [0.3, 0.4) is 0 Å². The molecule has 0 fully saturated rings. The van der Waals surface area contributed by atoms with E-state index in [1.165, 1.54) is 23.5 Å². The largest absolute Gasteiger partial charge is 0.433 e. The van der Waals surface area contributed by atoms with Crippen LogP contribution in [-0.2, 0) is 13.1 Å². The summed E-state index contributed by atoms with van der Waals surface area (Å²) in [6.45, 7) is 0.998. The number of anilines is 1. The van der Waals surface area contributed by atoms with Gasteiger partial charge < -0.3 is 9.73 Å². The molecule has 12 heteroatoms. The third-order valence-corrected chi connectivity index (χ3v) is 4.82. The Balaban J connectivity index is 1.36. The molecule has 0 saturated carbocycles. The van der Waals surface area contributed by atoms with Crippen molar-refractivity contribution in [2.24, 2.45) is 0 Å². The van der Waals surface area contributed by atoms with Crippen LogP contribution in [0.2, 0.25) is 5.02 Å². The number of hydrogen-bond acceptors (Lipinski definition) is 9. The predicted octanol–water partition coefficient (Wildman–Crippen LogP) is 3.61. The second-order valence-corrected chi connectivity index (χ2v) is 7.11. The van der Waals surface area contributed by atoms with Crippen LogP contribution in [0.5, 0.6) is 0 Å². The maximum absolute atomic E-state index is 10.7. The van der Waals surface area contributed by atoms with Crippen LogP contribution >= 0.6 is 22.9 Å². The van der Waals surface area contributed by atoms with E-state index in [2.05, 4.69) is 25.8 Å². The van der Waals surface area contributed by atoms with E-state index in [-0.39, 0.29) is 5.88 Å². The SMILES string of the molecule is O=[N+]([O-])c1ccc(-c2nnc(NCc3cn(Cc4ccc(Cl)cc4)nn3)s2)o1. The van der Waals surface area contributed by atoms with Gasteiger partial charge in [0.2, 0.25) is 5.13 Å². The van der Waals surface area contributed by atoms with Gasteiger partial charge in [-0.1, -0.05) is 40.3 Å². The molecule has 4 rings (SSSR count). The first-order valence-corrected chi connectivity index (χ1v) is 9.22. The van der Waals surface area contributed by atoms with Gasteiger partial charge in [0, 0.05) is 5.02 Å². The smallest absolute Gasteiger partial charge is 0.398 e. The summed E-state index contributed by atoms with van der Waals surface area (Å²) < 4.78 is 6.85. The van der Waals surface area contributed by atoms with E-state index in [1.807, 2.05) is 30.5 Å². The van der Waals surface area contributed by atoms with Crippen molar-refractivity contribution in [3.05, 3.63) is 69.0 Å². The van der Waals surface area contributed by atoms with E-state index in [4.69, 9.17) is 16.0 Å². The van der Waals surface area contributed by atoms with Crippen LogP contribution in [-0.4, -0.2) is 30.1 Å². The first-order chi connectivity index (χ1) is 13.6. The topological polar surface area (TPSA) is 125 Å². The van der Waals surface area contributed by atoms with Crippen LogP contribution in [0.1, 0.15) is 11.3 Å². The number of furan rings is 1. The zero-order valence-electron chi connectivity index (χ0n) is 14.1. The highest BCUT2D eigenvalue weighted by atomic mass is 35.5. The van der Waals surface area contributed by atoms with Gasteiger partial charge in [0.1, 0.15) is 10.6 Å². The van der Waals surface area contributed by atoms with E-state index in [0.717, 1.165) is 11.3 Å². The number of aromatic nitrogens is 5. The van der Waals surface area contributed by atoms with Crippen molar-refractivity contribution in [2.45, 2.75) is 13.1 Å². The average Bonchev–Trinajstić information content (AvgIpc) is 3.42. The van der Waals surface area contributed by atoms with Crippen molar-refractivity contribution in [1.82, 2.24) is 25.2 Å². The predicted molar refractivity (Wildman–Crippen MR) is 102 cm³/mol. The molecule has 0 unspecified atom stereocenters. The maximum atomic E-state index is 10.7. The van der Waals surface area contributed by atoms with E-state index in [9.17, 15) is 10.1 Å². The molecule has 0 saturated heterocycles. The second-order valence-electron chi connectivity index (χ2n) is 5.69. The summed E-state index contributed by atoms with van der Waals surface area (Å²) in [5.41, 5.74) is 1.80. The van der Waals surface area contributed by atoms with Crippen molar-refractivity contribution in [3.8, 4) is 10.8 Å². The van der Waals surface area contributed by atoms with Crippen molar-refractivity contribution in [1.29, 1.82) is 0 Å². The van der Waals surface area contributed by atoms with Crippen molar-refractivity contribution >= 4 is 34.0 Å². The Kier molecular flexibility index (Phi) is 5.00. The van der Waals surface area contributed by atoms with E-state index < -0.39 is 4.92 Å². The number of halogens is 1. The lowest BCUT2D eigenvalue weighted by molar-refractivity contribution is -0.401. The van der Waals surface area contributed by atoms with Crippen LogP contribution in [0.25, 0.3) is 10.8 Å². The third-order valence-electron chi connectivity index (χ3n) is 3.67. The van der Waals surface area contributed by atoms with Crippen LogP contribution in [0.15, 0.2) is 47.0 Å². The van der Waals surface area contributed by atoms with E-state index >= 15 is 0 Å². The Morgan fingerprint density at radius 1 is 1.18 bits per heavy atom. The lowest BCUT2D eigenvalue weighted by Gasteiger charge is -2.00. The molecule has 142 valence electrons. The Hall–Kier alpha value is -3.31. The summed E-state index contributed by atoms with van der Waals surface area (Å²) in [6, 6.07) is 10.3. The molecule has 0 aliphatic carbocycles. The fraction of sp³-hybridized carbons (Fsp3) is 0.125. The van der Waals surface area contributed by atoms with Crippen LogP contribution < -0.4 is 5.32 Å². The van der Waals surface area contributed by atoms with Crippen molar-refractivity contribution in [3.63, 3.8) is 0 Å². The normalized spacial score (nSPS) is 10.9. The highest BCUT2D eigenvalue weighted by molar-refractivity contribution is 7.18. The molecule has 0 aliphatic rings. The lowest BCUT2D eigenvalue weighted by atomic mass is 10.2. The Bertz CT molecular complexity index is 1110. The van der Waals surface area contributed by atoms with Gasteiger partial charge in [-0.05, 0) is 23.8 Å². The third kappa shape index (κ3) is 4.15. The molecule has 0 radical (unpaired) electrons. The lowest BCUT2D eigenvalue weighted by Crippen LogP contribution is -2.00. The first-order valence-electron chi connectivity index (χ1n) is 8.02. The summed E-state index contributed by atoms with van der Waals surface area (Å²) >= 11 is 7.11. The minimum Gasteiger partial charge on any atom is -0.398 e. The molecule has 1 aromatic carbocycles. The number of rotatable bonds is 7. The van der Waals surface area contributed by atoms with Gasteiger partial charge in [0.05, 0.1) is 25.4 Å². The van der Waals surface area contributed by atoms with Crippen LogP contribution in [0.4, 0.5) is 11.0 Å². The molecule has 10 nitrogen and oxygen atoms in total. The number of nitrogens with one attached hydrogen (secondary N) is 1. The molecule has 0 spiro atoms. The number of nitrogens with zero attached hydrogens (tertiary/aromatic N) is 6. The summed E-state index contributed by atoms with van der Waals surface area (Å²) in [4.78, 5) is 10.1. The highest BCUT2D eigenvalue weighted by Gasteiger charge is 2.16. The summed E-state index contributed by atoms with van der Waals surface area (Å²) in [5.74, 6) is -0.0387. The van der Waals surface area contributed by atoms with Crippen molar-refractivity contribution in [2.75, 3.05) is 5.32 Å². The first kappa shape index (κ1) is 18.1. The molecule has 0 bridgehead atoms. The van der Waals surface area contributed by atoms with Crippen molar-refractivity contribution < 1.29 is 9.34 Å². The number of nitro groups is 1. The molecule has 0 aliphatic heterocycles. The van der Waals surface area contributed by atoms with Gasteiger partial charge in [0.25, 0.3) is 0 Å². The van der Waals surface area contributed by atoms with Gasteiger partial charge >= 0.3 is 5.88 Å². The van der Waals surface area contributed by atoms with Gasteiger partial charge in [-0.3, -0.25) is 10.1 Å². The van der Waals surface area contributed by atoms with Gasteiger partial charge in [0.15, 0.2) is 10.8 Å². The Labute approximate surface area is 166 Å². The molecule has 3 heterocycles. The summed E-state index contributed by atoms with van der Waals surface area (Å²) in [6.07, 6.45) is 1.83. The van der Waals surface area contributed by atoms with E-state index in [0.29, 0.717) is 34.0 Å². The fourth-order valence-corrected chi connectivity index (χ4v) is 3.20. The van der Waals surface area contributed by atoms with Gasteiger partial charge in [-0.15, -0.1) is 15.3 Å². The molecule has 0 amide bonds. The Morgan fingerprint density at radius 3 is 2.75 bits per heavy atom. The second kappa shape index (κ2) is 7.74. The fourth-order valence-electron chi connectivity index (χ4n) is 2.37. The number of benzene rings is 1. The summed E-state index contributed by atoms with van der Waals surface area (Å²) in [7, 11) is 0. The molecule has 0 atom stereocenters. The molecular formula is C16H12ClN7O3S. The maximum Gasteiger partial charge on any atom is 0.433 e. The monoisotopic (exact) mass is 417 g/mol. The standard InChI is InChI=1S/C16H12ClN7O3S/c17-11-3-1-10(2-4-11)8-23-9-12(19-22-23)7-18-16-21-20-15(28-16)13-5-6-14(27-13)24(25)26/h1-6,9H,7-8H2,(H,18,21). The van der Waals surface area contributed by atoms with Gasteiger partial charge in [-0.2, -0.15) is 0 Å². The minimum atomic E-state index is -0.600. The molecule has 4 aromatic rings. The quantitative estimate of drug-likeness (QED) is 0.357. The molecule has 1 N–H and O–H groups in total. The molecule has 3 aromatic heterocycles.